The van der Waals surface area contributed by atoms with Crippen LogP contribution in [0.3, 0.4) is 0 Å². The van der Waals surface area contributed by atoms with Crippen molar-refractivity contribution in [2.24, 2.45) is 0 Å². The summed E-state index contributed by atoms with van der Waals surface area (Å²) >= 11 is 0. The molecule has 5 heteroatoms. The minimum absolute atomic E-state index is 0.172. The molecule has 1 unspecified atom stereocenters. The van der Waals surface area contributed by atoms with E-state index in [9.17, 15) is 4.79 Å². The molecule has 1 N–H and O–H groups in total. The van der Waals surface area contributed by atoms with E-state index >= 15 is 0 Å². The molecule has 1 rings (SSSR count). The lowest BCUT2D eigenvalue weighted by Crippen LogP contribution is -2.32. The van der Waals surface area contributed by atoms with E-state index in [4.69, 9.17) is 5.26 Å². The maximum Gasteiger partial charge on any atom is 0.273 e. The van der Waals surface area contributed by atoms with E-state index in [0.717, 1.165) is 0 Å². The summed E-state index contributed by atoms with van der Waals surface area (Å²) in [4.78, 5) is 11.2. The maximum atomic E-state index is 11.2. The molecule has 5 nitrogen and oxygen atoms in total. The topological polar surface area (TPSA) is 78.9 Å². The van der Waals surface area contributed by atoms with E-state index in [1.807, 2.05) is 6.07 Å². The van der Waals surface area contributed by atoms with E-state index < -0.39 is 0 Å². The van der Waals surface area contributed by atoms with Gasteiger partial charge < -0.3 is 9.84 Å². The summed E-state index contributed by atoms with van der Waals surface area (Å²) in [5.74, 6) is -0.323. The Kier molecular flexibility index (Phi) is 3.03. The maximum absolute atomic E-state index is 11.2. The summed E-state index contributed by atoms with van der Waals surface area (Å²) in [7, 11) is 0. The molecule has 0 bridgehead atoms. The van der Waals surface area contributed by atoms with Crippen LogP contribution in [0.5, 0.6) is 0 Å². The van der Waals surface area contributed by atoms with Crippen LogP contribution in [0.25, 0.3) is 0 Å². The molecule has 0 aliphatic heterocycles. The van der Waals surface area contributed by atoms with Gasteiger partial charge in [-0.05, 0) is 6.92 Å². The Labute approximate surface area is 75.3 Å². The van der Waals surface area contributed by atoms with Crippen molar-refractivity contribution < 1.29 is 9.32 Å². The van der Waals surface area contributed by atoms with Gasteiger partial charge >= 0.3 is 0 Å². The smallest absolute Gasteiger partial charge is 0.273 e. The van der Waals surface area contributed by atoms with E-state index in [-0.39, 0.29) is 24.1 Å². The lowest BCUT2D eigenvalue weighted by atomic mass is 10.2. The second-order valence-electron chi connectivity index (χ2n) is 2.62. The van der Waals surface area contributed by atoms with Crippen molar-refractivity contribution in [3.8, 4) is 6.07 Å². The molecule has 1 aromatic heterocycles. The van der Waals surface area contributed by atoms with Gasteiger partial charge in [0.1, 0.15) is 6.26 Å². The molecule has 68 valence electrons. The molecule has 0 radical (unpaired) electrons. The van der Waals surface area contributed by atoms with Crippen LogP contribution in [0.1, 0.15) is 23.8 Å². The number of nitriles is 1. The normalized spacial score (nSPS) is 11.7. The van der Waals surface area contributed by atoms with Crippen LogP contribution in [0.4, 0.5) is 0 Å². The van der Waals surface area contributed by atoms with Crippen molar-refractivity contribution in [2.75, 3.05) is 0 Å². The molecule has 0 spiro atoms. The van der Waals surface area contributed by atoms with Crippen LogP contribution in [-0.4, -0.2) is 17.1 Å². The summed E-state index contributed by atoms with van der Waals surface area (Å²) in [5, 5.41) is 14.4. The minimum atomic E-state index is -0.323. The highest BCUT2D eigenvalue weighted by atomic mass is 16.5. The predicted molar refractivity (Wildman–Crippen MR) is 43.7 cm³/mol. The first-order valence-electron chi connectivity index (χ1n) is 3.82. The van der Waals surface area contributed by atoms with E-state index in [1.165, 1.54) is 12.3 Å². The number of nitrogens with zero attached hydrogens (tertiary/aromatic N) is 2. The molecule has 0 aliphatic rings. The van der Waals surface area contributed by atoms with Crippen molar-refractivity contribution in [1.82, 2.24) is 10.5 Å². The molecule has 1 heterocycles. The van der Waals surface area contributed by atoms with E-state index in [1.54, 1.807) is 6.92 Å². The molecule has 0 aliphatic carbocycles. The quantitative estimate of drug-likeness (QED) is 0.740. The first kappa shape index (κ1) is 9.26. The Morgan fingerprint density at radius 3 is 3.23 bits per heavy atom. The summed E-state index contributed by atoms with van der Waals surface area (Å²) in [6.45, 7) is 1.75. The Morgan fingerprint density at radius 2 is 2.69 bits per heavy atom. The van der Waals surface area contributed by atoms with Crippen LogP contribution in [0.2, 0.25) is 0 Å². The lowest BCUT2D eigenvalue weighted by molar-refractivity contribution is 0.0931. The third-order valence-electron chi connectivity index (χ3n) is 1.45. The van der Waals surface area contributed by atoms with Crippen LogP contribution >= 0.6 is 0 Å². The SMILES string of the molecule is CC(CC#N)NC(=O)c1ccon1. The van der Waals surface area contributed by atoms with Gasteiger partial charge in [-0.1, -0.05) is 5.16 Å². The summed E-state index contributed by atoms with van der Waals surface area (Å²) in [6, 6.07) is 3.25. The summed E-state index contributed by atoms with van der Waals surface area (Å²) in [5.41, 5.74) is 0.227. The highest BCUT2D eigenvalue weighted by Crippen LogP contribution is 1.96. The Morgan fingerprint density at radius 1 is 1.92 bits per heavy atom. The molecule has 1 aromatic rings. The fourth-order valence-electron chi connectivity index (χ4n) is 0.815. The first-order chi connectivity index (χ1) is 6.24. The van der Waals surface area contributed by atoms with Gasteiger partial charge in [0.15, 0.2) is 5.69 Å². The van der Waals surface area contributed by atoms with Gasteiger partial charge in [-0.25, -0.2) is 0 Å². The van der Waals surface area contributed by atoms with Crippen LogP contribution in [-0.2, 0) is 0 Å². The van der Waals surface area contributed by atoms with Gasteiger partial charge in [0.2, 0.25) is 0 Å². The van der Waals surface area contributed by atoms with Gasteiger partial charge in [0.25, 0.3) is 5.91 Å². The molecular formula is C8H9N3O2. The van der Waals surface area contributed by atoms with Crippen LogP contribution < -0.4 is 5.32 Å². The Bertz CT molecular complexity index is 313. The number of aromatic nitrogens is 1. The average molecular weight is 179 g/mol. The first-order valence-corrected chi connectivity index (χ1v) is 3.82. The van der Waals surface area contributed by atoms with Gasteiger partial charge in [0.05, 0.1) is 12.5 Å². The molecule has 0 fully saturated rings. The standard InChI is InChI=1S/C8H9N3O2/c1-6(2-4-9)10-8(12)7-3-5-13-11-7/h3,5-6H,2H2,1H3,(H,10,12). The third kappa shape index (κ3) is 2.60. The largest absolute Gasteiger partial charge is 0.364 e. The molecule has 1 atom stereocenters. The molecule has 1 amide bonds. The Hall–Kier alpha value is -1.83. The zero-order valence-electron chi connectivity index (χ0n) is 7.15. The molecular weight excluding hydrogens is 170 g/mol. The fourth-order valence-corrected chi connectivity index (χ4v) is 0.815. The molecule has 13 heavy (non-hydrogen) atoms. The highest BCUT2D eigenvalue weighted by Gasteiger charge is 2.11. The van der Waals surface area contributed by atoms with Crippen LogP contribution in [0.15, 0.2) is 16.9 Å². The van der Waals surface area contributed by atoms with Gasteiger partial charge in [-0.2, -0.15) is 5.26 Å². The predicted octanol–water partition coefficient (Wildman–Crippen LogP) is 0.707. The lowest BCUT2D eigenvalue weighted by Gasteiger charge is -2.07. The van der Waals surface area contributed by atoms with Crippen molar-refractivity contribution >= 4 is 5.91 Å². The second-order valence-corrected chi connectivity index (χ2v) is 2.62. The van der Waals surface area contributed by atoms with Crippen LogP contribution in [0, 0.1) is 11.3 Å². The van der Waals surface area contributed by atoms with Crippen molar-refractivity contribution in [1.29, 1.82) is 5.26 Å². The average Bonchev–Trinajstić information content (AvgIpc) is 2.55. The number of nitrogens with one attached hydrogen (secondary N) is 1. The highest BCUT2D eigenvalue weighted by molar-refractivity contribution is 5.92. The molecule has 0 saturated carbocycles. The van der Waals surface area contributed by atoms with E-state index in [0.29, 0.717) is 0 Å². The van der Waals surface area contributed by atoms with Crippen molar-refractivity contribution in [3.05, 3.63) is 18.0 Å². The van der Waals surface area contributed by atoms with Gasteiger partial charge in [0, 0.05) is 12.1 Å². The monoisotopic (exact) mass is 179 g/mol. The molecule has 0 saturated heterocycles. The van der Waals surface area contributed by atoms with E-state index in [2.05, 4.69) is 15.0 Å². The summed E-state index contributed by atoms with van der Waals surface area (Å²) in [6.07, 6.45) is 1.60. The minimum Gasteiger partial charge on any atom is -0.364 e. The van der Waals surface area contributed by atoms with Gasteiger partial charge in [-0.3, -0.25) is 4.79 Å². The third-order valence-corrected chi connectivity index (χ3v) is 1.45. The number of hydrogen-bond acceptors (Lipinski definition) is 4. The zero-order chi connectivity index (χ0) is 9.68. The number of hydrogen-bond donors (Lipinski definition) is 1. The number of rotatable bonds is 3. The van der Waals surface area contributed by atoms with Gasteiger partial charge in [-0.15, -0.1) is 0 Å². The number of amides is 1. The fraction of sp³-hybridized carbons (Fsp3) is 0.375. The Balaban J connectivity index is 2.48. The summed E-state index contributed by atoms with van der Waals surface area (Å²) < 4.78 is 4.50. The van der Waals surface area contributed by atoms with Crippen molar-refractivity contribution in [2.45, 2.75) is 19.4 Å². The zero-order valence-corrected chi connectivity index (χ0v) is 7.15. The number of carbonyl (C=O) groups is 1. The molecule has 0 aromatic carbocycles. The van der Waals surface area contributed by atoms with Crippen molar-refractivity contribution in [3.63, 3.8) is 0 Å². The second kappa shape index (κ2) is 4.26. The number of carbonyl (C=O) groups excluding carboxylic acids is 1.